The van der Waals surface area contributed by atoms with Crippen LogP contribution >= 0.6 is 0 Å². The summed E-state index contributed by atoms with van der Waals surface area (Å²) in [5.41, 5.74) is 2.81. The molecule has 0 aliphatic carbocycles. The second kappa shape index (κ2) is 7.10. The summed E-state index contributed by atoms with van der Waals surface area (Å²) in [4.78, 5) is 10.5. The maximum Gasteiger partial charge on any atom is 0.155 e. The molecule has 26 heavy (non-hydrogen) atoms. The van der Waals surface area contributed by atoms with Crippen LogP contribution in [0.4, 0.5) is 10.1 Å². The standard InChI is InChI=1S/C19H19FN6/c20-17-8-14(9-21)3-4-18(17)25-6-1-2-15(13-25)23-10-16-11-24-19-12-22-5-7-26(16)19/h3-5,7-8,11-12,15,23H,1-2,6,10,13H2. The molecule has 0 spiro atoms. The Bertz CT molecular complexity index is 960. The second-order valence-electron chi connectivity index (χ2n) is 6.50. The van der Waals surface area contributed by atoms with Gasteiger partial charge >= 0.3 is 0 Å². The maximum atomic E-state index is 14.3. The molecule has 3 heterocycles. The van der Waals surface area contributed by atoms with Gasteiger partial charge in [-0.2, -0.15) is 5.26 Å². The largest absolute Gasteiger partial charge is 0.368 e. The van der Waals surface area contributed by atoms with Gasteiger partial charge in [-0.15, -0.1) is 0 Å². The van der Waals surface area contributed by atoms with E-state index in [1.54, 1.807) is 24.5 Å². The van der Waals surface area contributed by atoms with Crippen molar-refractivity contribution < 1.29 is 4.39 Å². The van der Waals surface area contributed by atoms with Crippen molar-refractivity contribution in [2.24, 2.45) is 0 Å². The quantitative estimate of drug-likeness (QED) is 0.783. The zero-order valence-electron chi connectivity index (χ0n) is 14.3. The van der Waals surface area contributed by atoms with Crippen LogP contribution in [0.5, 0.6) is 0 Å². The number of anilines is 1. The van der Waals surface area contributed by atoms with E-state index in [4.69, 9.17) is 5.26 Å². The van der Waals surface area contributed by atoms with Gasteiger partial charge in [-0.05, 0) is 31.0 Å². The van der Waals surface area contributed by atoms with E-state index in [1.807, 2.05) is 22.9 Å². The molecule has 0 amide bonds. The van der Waals surface area contributed by atoms with Gasteiger partial charge in [0.15, 0.2) is 5.65 Å². The number of rotatable bonds is 4. The van der Waals surface area contributed by atoms with Crippen molar-refractivity contribution in [1.29, 1.82) is 5.26 Å². The van der Waals surface area contributed by atoms with Crippen molar-refractivity contribution >= 4 is 11.3 Å². The van der Waals surface area contributed by atoms with E-state index in [1.165, 1.54) is 6.07 Å². The van der Waals surface area contributed by atoms with Gasteiger partial charge in [0.1, 0.15) is 5.82 Å². The topological polar surface area (TPSA) is 69.2 Å². The molecule has 3 aromatic rings. The Morgan fingerprint density at radius 1 is 1.35 bits per heavy atom. The Labute approximate surface area is 150 Å². The van der Waals surface area contributed by atoms with Crippen molar-refractivity contribution in [3.63, 3.8) is 0 Å². The molecule has 1 aliphatic heterocycles. The number of nitrogens with one attached hydrogen (secondary N) is 1. The predicted octanol–water partition coefficient (Wildman–Crippen LogP) is 2.50. The molecule has 0 bridgehead atoms. The summed E-state index contributed by atoms with van der Waals surface area (Å²) in [6.07, 6.45) is 9.28. The zero-order valence-corrected chi connectivity index (χ0v) is 14.3. The second-order valence-corrected chi connectivity index (χ2v) is 6.50. The van der Waals surface area contributed by atoms with E-state index in [0.29, 0.717) is 17.8 Å². The van der Waals surface area contributed by atoms with Gasteiger partial charge in [0, 0.05) is 38.1 Å². The van der Waals surface area contributed by atoms with Crippen LogP contribution in [-0.4, -0.2) is 33.5 Å². The summed E-state index contributed by atoms with van der Waals surface area (Å²) < 4.78 is 16.3. The Balaban J connectivity index is 1.43. The average Bonchev–Trinajstić information content (AvgIpc) is 3.09. The van der Waals surface area contributed by atoms with Gasteiger partial charge in [0.25, 0.3) is 0 Å². The molecule has 132 valence electrons. The number of hydrogen-bond donors (Lipinski definition) is 1. The minimum absolute atomic E-state index is 0.270. The highest BCUT2D eigenvalue weighted by atomic mass is 19.1. The lowest BCUT2D eigenvalue weighted by atomic mass is 10.0. The first-order valence-electron chi connectivity index (χ1n) is 8.68. The van der Waals surface area contributed by atoms with E-state index >= 15 is 0 Å². The molecule has 1 unspecified atom stereocenters. The highest BCUT2D eigenvalue weighted by Crippen LogP contribution is 2.24. The number of hydrogen-bond acceptors (Lipinski definition) is 5. The van der Waals surface area contributed by atoms with Gasteiger partial charge in [-0.3, -0.25) is 9.38 Å². The van der Waals surface area contributed by atoms with Crippen LogP contribution in [0.3, 0.4) is 0 Å². The van der Waals surface area contributed by atoms with Crippen molar-refractivity contribution in [2.45, 2.75) is 25.4 Å². The third-order valence-electron chi connectivity index (χ3n) is 4.80. The number of nitriles is 1. The van der Waals surface area contributed by atoms with E-state index in [9.17, 15) is 4.39 Å². The normalized spacial score (nSPS) is 17.4. The number of fused-ring (bicyclic) bond motifs is 1. The number of benzene rings is 1. The molecule has 1 fully saturated rings. The third-order valence-corrected chi connectivity index (χ3v) is 4.80. The lowest BCUT2D eigenvalue weighted by molar-refractivity contribution is 0.416. The van der Waals surface area contributed by atoms with Gasteiger partial charge in [-0.25, -0.2) is 9.37 Å². The molecule has 0 saturated carbocycles. The first kappa shape index (κ1) is 16.5. The number of nitrogens with zero attached hydrogens (tertiary/aromatic N) is 5. The SMILES string of the molecule is N#Cc1ccc(N2CCCC(NCc3cnc4cnccn34)C2)c(F)c1. The molecule has 1 saturated heterocycles. The molecular weight excluding hydrogens is 331 g/mol. The lowest BCUT2D eigenvalue weighted by Gasteiger charge is -2.35. The fourth-order valence-electron chi connectivity index (χ4n) is 3.47. The first-order chi connectivity index (χ1) is 12.7. The van der Waals surface area contributed by atoms with Gasteiger partial charge in [0.2, 0.25) is 0 Å². The Kier molecular flexibility index (Phi) is 4.50. The molecule has 6 nitrogen and oxygen atoms in total. The van der Waals surface area contributed by atoms with Crippen LogP contribution in [0.2, 0.25) is 0 Å². The molecule has 7 heteroatoms. The molecule has 1 atom stereocenters. The molecule has 1 aromatic carbocycles. The van der Waals surface area contributed by atoms with E-state index in [-0.39, 0.29) is 11.9 Å². The summed E-state index contributed by atoms with van der Waals surface area (Å²) in [5.74, 6) is -0.334. The number of aromatic nitrogens is 3. The Morgan fingerprint density at radius 3 is 3.12 bits per heavy atom. The first-order valence-corrected chi connectivity index (χ1v) is 8.68. The van der Waals surface area contributed by atoms with Gasteiger partial charge < -0.3 is 10.2 Å². The fourth-order valence-corrected chi connectivity index (χ4v) is 3.47. The molecule has 4 rings (SSSR count). The number of halogens is 1. The van der Waals surface area contributed by atoms with Crippen LogP contribution in [0.1, 0.15) is 24.1 Å². The van der Waals surface area contributed by atoms with Crippen LogP contribution in [0, 0.1) is 17.1 Å². The minimum atomic E-state index is -0.334. The van der Waals surface area contributed by atoms with Crippen molar-refractivity contribution in [2.75, 3.05) is 18.0 Å². The van der Waals surface area contributed by atoms with Crippen LogP contribution in [-0.2, 0) is 6.54 Å². The summed E-state index contributed by atoms with van der Waals surface area (Å²) in [6, 6.07) is 6.92. The van der Waals surface area contributed by atoms with Gasteiger partial charge in [-0.1, -0.05) is 0 Å². The maximum absolute atomic E-state index is 14.3. The molecular formula is C19H19FN6. The fraction of sp³-hybridized carbons (Fsp3) is 0.316. The highest BCUT2D eigenvalue weighted by Gasteiger charge is 2.22. The predicted molar refractivity (Wildman–Crippen MR) is 96.2 cm³/mol. The minimum Gasteiger partial charge on any atom is -0.368 e. The third kappa shape index (κ3) is 3.24. The van der Waals surface area contributed by atoms with Crippen molar-refractivity contribution in [3.8, 4) is 6.07 Å². The zero-order chi connectivity index (χ0) is 17.9. The Hall–Kier alpha value is -2.98. The molecule has 0 radical (unpaired) electrons. The van der Waals surface area contributed by atoms with E-state index in [2.05, 4.69) is 20.2 Å². The summed E-state index contributed by atoms with van der Waals surface area (Å²) >= 11 is 0. The van der Waals surface area contributed by atoms with Crippen molar-refractivity contribution in [3.05, 3.63) is 60.1 Å². The number of piperidine rings is 1. The van der Waals surface area contributed by atoms with E-state index < -0.39 is 0 Å². The van der Waals surface area contributed by atoms with Crippen LogP contribution in [0.15, 0.2) is 43.0 Å². The van der Waals surface area contributed by atoms with Crippen LogP contribution < -0.4 is 10.2 Å². The molecule has 1 aliphatic rings. The Morgan fingerprint density at radius 2 is 2.27 bits per heavy atom. The molecule has 1 N–H and O–H groups in total. The smallest absolute Gasteiger partial charge is 0.155 e. The summed E-state index contributed by atoms with van der Waals surface area (Å²) in [5, 5.41) is 12.4. The number of imidazole rings is 1. The van der Waals surface area contributed by atoms with E-state index in [0.717, 1.165) is 37.3 Å². The monoisotopic (exact) mass is 350 g/mol. The summed E-state index contributed by atoms with van der Waals surface area (Å²) in [7, 11) is 0. The molecule has 2 aromatic heterocycles. The lowest BCUT2D eigenvalue weighted by Crippen LogP contribution is -2.45. The van der Waals surface area contributed by atoms with Gasteiger partial charge in [0.05, 0.1) is 35.4 Å². The van der Waals surface area contributed by atoms with Crippen molar-refractivity contribution in [1.82, 2.24) is 19.7 Å². The van der Waals surface area contributed by atoms with Crippen LogP contribution in [0.25, 0.3) is 5.65 Å². The average molecular weight is 350 g/mol. The highest BCUT2D eigenvalue weighted by molar-refractivity contribution is 5.51. The summed E-state index contributed by atoms with van der Waals surface area (Å²) in [6.45, 7) is 2.25.